The van der Waals surface area contributed by atoms with Gasteiger partial charge in [0.15, 0.2) is 0 Å². The van der Waals surface area contributed by atoms with E-state index in [1.807, 2.05) is 52.0 Å². The van der Waals surface area contributed by atoms with Crippen LogP contribution in [0.2, 0.25) is 0 Å². The lowest BCUT2D eigenvalue weighted by molar-refractivity contribution is -0.115. The third kappa shape index (κ3) is 4.10. The second-order valence-electron chi connectivity index (χ2n) is 6.84. The largest absolute Gasteiger partial charge is 0.345 e. The molecule has 136 valence electrons. The number of imidazole rings is 1. The Labute approximate surface area is 155 Å². The fourth-order valence-electron chi connectivity index (χ4n) is 2.28. The van der Waals surface area contributed by atoms with E-state index in [0.717, 1.165) is 16.9 Å². The van der Waals surface area contributed by atoms with Gasteiger partial charge in [-0.05, 0) is 55.8 Å². The molecule has 0 saturated heterocycles. The smallest absolute Gasteiger partial charge is 0.237 e. The minimum Gasteiger partial charge on any atom is -0.345 e. The van der Waals surface area contributed by atoms with Crippen molar-refractivity contribution in [1.29, 1.82) is 0 Å². The molecule has 0 aliphatic heterocycles. The van der Waals surface area contributed by atoms with Crippen molar-refractivity contribution < 1.29 is 4.79 Å². The van der Waals surface area contributed by atoms with E-state index in [2.05, 4.69) is 30.8 Å². The first-order valence-electron chi connectivity index (χ1n) is 8.20. The van der Waals surface area contributed by atoms with E-state index in [-0.39, 0.29) is 16.7 Å². The third-order valence-electron chi connectivity index (χ3n) is 3.69. The molecule has 26 heavy (non-hydrogen) atoms. The minimum absolute atomic E-state index is 0.104. The molecule has 1 amide bonds. The molecule has 0 aliphatic carbocycles. The van der Waals surface area contributed by atoms with E-state index >= 15 is 0 Å². The molecule has 9 heteroatoms. The summed E-state index contributed by atoms with van der Waals surface area (Å²) in [6.07, 6.45) is 3.39. The zero-order chi connectivity index (χ0) is 18.7. The molecule has 3 rings (SSSR count). The number of nitrogens with zero attached hydrogens (tertiary/aromatic N) is 5. The lowest BCUT2D eigenvalue weighted by Crippen LogP contribution is -2.27. The SMILES string of the molecule is CC(Sc1nnnn1C(C)(C)C)C(=O)Nc1ccc(-c2cnc[nH]2)cc1. The second-order valence-corrected chi connectivity index (χ2v) is 8.14. The second kappa shape index (κ2) is 7.28. The van der Waals surface area contributed by atoms with Crippen LogP contribution in [0, 0.1) is 0 Å². The quantitative estimate of drug-likeness (QED) is 0.669. The van der Waals surface area contributed by atoms with Crippen LogP contribution in [0.15, 0.2) is 41.9 Å². The van der Waals surface area contributed by atoms with Crippen molar-refractivity contribution in [3.05, 3.63) is 36.8 Å². The Morgan fingerprint density at radius 1 is 1.27 bits per heavy atom. The number of tetrazole rings is 1. The summed E-state index contributed by atoms with van der Waals surface area (Å²) in [6, 6.07) is 7.59. The molecule has 2 heterocycles. The molecular formula is C17H21N7OS. The summed E-state index contributed by atoms with van der Waals surface area (Å²) in [6.45, 7) is 7.87. The highest BCUT2D eigenvalue weighted by atomic mass is 32.2. The molecule has 0 spiro atoms. The lowest BCUT2D eigenvalue weighted by atomic mass is 10.1. The Morgan fingerprint density at radius 2 is 2.00 bits per heavy atom. The van der Waals surface area contributed by atoms with Gasteiger partial charge in [0.25, 0.3) is 0 Å². The van der Waals surface area contributed by atoms with Crippen LogP contribution in [-0.2, 0) is 10.3 Å². The van der Waals surface area contributed by atoms with Gasteiger partial charge in [0.05, 0.1) is 29.0 Å². The van der Waals surface area contributed by atoms with Gasteiger partial charge >= 0.3 is 0 Å². The number of hydrogen-bond acceptors (Lipinski definition) is 6. The maximum Gasteiger partial charge on any atom is 0.237 e. The van der Waals surface area contributed by atoms with E-state index in [0.29, 0.717) is 5.16 Å². The fraction of sp³-hybridized carbons (Fsp3) is 0.353. The Balaban J connectivity index is 1.64. The zero-order valence-corrected chi connectivity index (χ0v) is 15.9. The van der Waals surface area contributed by atoms with Gasteiger partial charge in [0, 0.05) is 5.69 Å². The first-order chi connectivity index (χ1) is 12.3. The first-order valence-corrected chi connectivity index (χ1v) is 9.08. The maximum absolute atomic E-state index is 12.5. The van der Waals surface area contributed by atoms with Crippen molar-refractivity contribution in [2.24, 2.45) is 0 Å². The average molecular weight is 371 g/mol. The number of aromatic nitrogens is 6. The molecule has 0 fully saturated rings. The molecule has 1 unspecified atom stereocenters. The summed E-state index contributed by atoms with van der Waals surface area (Å²) in [5.74, 6) is -0.104. The van der Waals surface area contributed by atoms with Gasteiger partial charge in [-0.25, -0.2) is 9.67 Å². The standard InChI is InChI=1S/C17H21N7OS/c1-11(26-16-21-22-23-24(16)17(2,3)4)15(25)20-13-7-5-12(6-8-13)14-9-18-10-19-14/h5-11H,1-4H3,(H,18,19)(H,20,25). The summed E-state index contributed by atoms with van der Waals surface area (Å²) in [5, 5.41) is 15.0. The van der Waals surface area contributed by atoms with Crippen molar-refractivity contribution in [1.82, 2.24) is 30.2 Å². The number of H-pyrrole nitrogens is 1. The van der Waals surface area contributed by atoms with Crippen LogP contribution in [0.4, 0.5) is 5.69 Å². The summed E-state index contributed by atoms with van der Waals surface area (Å²) < 4.78 is 1.72. The lowest BCUT2D eigenvalue weighted by Gasteiger charge is -2.20. The van der Waals surface area contributed by atoms with Gasteiger partial charge in [-0.1, -0.05) is 23.9 Å². The highest BCUT2D eigenvalue weighted by molar-refractivity contribution is 8.00. The number of aromatic amines is 1. The van der Waals surface area contributed by atoms with Crippen molar-refractivity contribution in [2.75, 3.05) is 5.32 Å². The maximum atomic E-state index is 12.5. The number of benzene rings is 1. The summed E-state index contributed by atoms with van der Waals surface area (Å²) in [7, 11) is 0. The first kappa shape index (κ1) is 18.1. The predicted molar refractivity (Wildman–Crippen MR) is 101 cm³/mol. The number of nitrogens with one attached hydrogen (secondary N) is 2. The number of hydrogen-bond donors (Lipinski definition) is 2. The number of amides is 1. The molecule has 1 atom stereocenters. The zero-order valence-electron chi connectivity index (χ0n) is 15.1. The summed E-state index contributed by atoms with van der Waals surface area (Å²) in [4.78, 5) is 19.5. The van der Waals surface area contributed by atoms with Crippen LogP contribution < -0.4 is 5.32 Å². The van der Waals surface area contributed by atoms with Crippen LogP contribution in [0.5, 0.6) is 0 Å². The number of carbonyl (C=O) groups is 1. The molecule has 0 aliphatic rings. The highest BCUT2D eigenvalue weighted by Gasteiger charge is 2.24. The normalized spacial score (nSPS) is 12.8. The Kier molecular flexibility index (Phi) is 5.08. The van der Waals surface area contributed by atoms with Gasteiger partial charge in [0.2, 0.25) is 11.1 Å². The highest BCUT2D eigenvalue weighted by Crippen LogP contribution is 2.26. The molecule has 2 N–H and O–H groups in total. The van der Waals surface area contributed by atoms with Crippen molar-refractivity contribution in [3.8, 4) is 11.3 Å². The predicted octanol–water partition coefficient (Wildman–Crippen LogP) is 2.94. The van der Waals surface area contributed by atoms with Gasteiger partial charge in [0.1, 0.15) is 0 Å². The van der Waals surface area contributed by atoms with E-state index in [1.54, 1.807) is 17.2 Å². The van der Waals surface area contributed by atoms with Crippen LogP contribution in [0.25, 0.3) is 11.3 Å². The summed E-state index contributed by atoms with van der Waals surface area (Å²) >= 11 is 1.33. The molecule has 1 aromatic carbocycles. The van der Waals surface area contributed by atoms with Crippen molar-refractivity contribution in [3.63, 3.8) is 0 Å². The molecule has 0 radical (unpaired) electrons. The summed E-state index contributed by atoms with van der Waals surface area (Å²) in [5.41, 5.74) is 2.43. The Hall–Kier alpha value is -2.68. The van der Waals surface area contributed by atoms with Crippen LogP contribution in [0.3, 0.4) is 0 Å². The van der Waals surface area contributed by atoms with E-state index in [1.165, 1.54) is 11.8 Å². The van der Waals surface area contributed by atoms with E-state index in [9.17, 15) is 4.79 Å². The van der Waals surface area contributed by atoms with Gasteiger partial charge in [-0.3, -0.25) is 4.79 Å². The molecular weight excluding hydrogens is 350 g/mol. The number of rotatable bonds is 5. The number of thioether (sulfide) groups is 1. The molecule has 2 aromatic heterocycles. The van der Waals surface area contributed by atoms with Gasteiger partial charge in [-0.15, -0.1) is 5.10 Å². The third-order valence-corrected chi connectivity index (χ3v) is 4.72. The van der Waals surface area contributed by atoms with Crippen LogP contribution in [-0.4, -0.2) is 41.3 Å². The molecule has 0 bridgehead atoms. The molecule has 0 saturated carbocycles. The van der Waals surface area contributed by atoms with Gasteiger partial charge < -0.3 is 10.3 Å². The topological polar surface area (TPSA) is 101 Å². The van der Waals surface area contributed by atoms with Crippen LogP contribution in [0.1, 0.15) is 27.7 Å². The Morgan fingerprint density at radius 3 is 2.62 bits per heavy atom. The molecule has 3 aromatic rings. The monoisotopic (exact) mass is 371 g/mol. The fourth-order valence-corrected chi connectivity index (χ4v) is 3.25. The molecule has 8 nitrogen and oxygen atoms in total. The van der Waals surface area contributed by atoms with Crippen LogP contribution >= 0.6 is 11.8 Å². The number of anilines is 1. The minimum atomic E-state index is -0.339. The van der Waals surface area contributed by atoms with E-state index < -0.39 is 0 Å². The van der Waals surface area contributed by atoms with Gasteiger partial charge in [-0.2, -0.15) is 0 Å². The number of carbonyl (C=O) groups excluding carboxylic acids is 1. The van der Waals surface area contributed by atoms with Crippen molar-refractivity contribution in [2.45, 2.75) is 43.6 Å². The average Bonchev–Trinajstić information content (AvgIpc) is 3.26. The van der Waals surface area contributed by atoms with E-state index in [4.69, 9.17) is 0 Å². The van der Waals surface area contributed by atoms with Crippen molar-refractivity contribution >= 4 is 23.4 Å². The Bertz CT molecular complexity index is 865.